The van der Waals surface area contributed by atoms with Crippen molar-refractivity contribution >= 4 is 11.9 Å². The molecule has 0 fully saturated rings. The van der Waals surface area contributed by atoms with Gasteiger partial charge in [0.2, 0.25) is 0 Å². The zero-order chi connectivity index (χ0) is 18.3. The number of hydrogen-bond donors (Lipinski definition) is 1. The molecule has 0 unspecified atom stereocenters. The van der Waals surface area contributed by atoms with Crippen molar-refractivity contribution in [3.63, 3.8) is 0 Å². The van der Waals surface area contributed by atoms with Crippen molar-refractivity contribution in [2.24, 2.45) is 5.73 Å². The Labute approximate surface area is 149 Å². The number of ether oxygens (including phenoxy) is 1. The van der Waals surface area contributed by atoms with E-state index in [0.29, 0.717) is 31.7 Å². The highest BCUT2D eigenvalue weighted by Gasteiger charge is 2.24. The van der Waals surface area contributed by atoms with E-state index in [9.17, 15) is 4.79 Å². The van der Waals surface area contributed by atoms with Crippen LogP contribution in [0.25, 0.3) is 0 Å². The minimum atomic E-state index is -0.574. The molecular formula is C19H26N4O2. The van der Waals surface area contributed by atoms with Gasteiger partial charge < -0.3 is 10.5 Å². The average molecular weight is 342 g/mol. The quantitative estimate of drug-likeness (QED) is 0.873. The lowest BCUT2D eigenvalue weighted by Gasteiger charge is -2.27. The molecule has 2 heterocycles. The Bertz CT molecular complexity index is 683. The Balaban J connectivity index is 2.21. The summed E-state index contributed by atoms with van der Waals surface area (Å²) in [6.07, 6.45) is 2.60. The van der Waals surface area contributed by atoms with Crippen molar-refractivity contribution in [2.75, 3.05) is 18.0 Å². The van der Waals surface area contributed by atoms with E-state index in [1.54, 1.807) is 11.1 Å². The third-order valence-corrected chi connectivity index (χ3v) is 3.40. The smallest absolute Gasteiger partial charge is 0.416 e. The fraction of sp³-hybridized carbons (Fsp3) is 0.421. The van der Waals surface area contributed by atoms with Gasteiger partial charge in [-0.1, -0.05) is 12.1 Å². The molecule has 2 aromatic heterocycles. The van der Waals surface area contributed by atoms with Gasteiger partial charge in [0.1, 0.15) is 11.4 Å². The summed E-state index contributed by atoms with van der Waals surface area (Å²) in [5.74, 6) is 0.566. The van der Waals surface area contributed by atoms with Gasteiger partial charge in [-0.05, 0) is 51.6 Å². The van der Waals surface area contributed by atoms with Crippen molar-refractivity contribution in [1.29, 1.82) is 0 Å². The van der Waals surface area contributed by atoms with Crippen molar-refractivity contribution < 1.29 is 9.53 Å². The van der Waals surface area contributed by atoms with Crippen LogP contribution in [-0.2, 0) is 17.6 Å². The second kappa shape index (κ2) is 8.58. The molecule has 0 bridgehead atoms. The first-order valence-corrected chi connectivity index (χ1v) is 8.45. The number of nitrogens with zero attached hydrogens (tertiary/aromatic N) is 3. The molecule has 0 aliphatic carbocycles. The molecule has 0 aliphatic rings. The average Bonchev–Trinajstić information content (AvgIpc) is 2.55. The Morgan fingerprint density at radius 3 is 2.52 bits per heavy atom. The third kappa shape index (κ3) is 6.15. The topological polar surface area (TPSA) is 81.3 Å². The highest BCUT2D eigenvalue weighted by molar-refractivity contribution is 5.86. The third-order valence-electron chi connectivity index (χ3n) is 3.40. The summed E-state index contributed by atoms with van der Waals surface area (Å²) in [5, 5.41) is 0. The van der Waals surface area contributed by atoms with Crippen molar-refractivity contribution in [3.05, 3.63) is 54.0 Å². The first-order chi connectivity index (χ1) is 11.9. The maximum Gasteiger partial charge on any atom is 0.416 e. The normalized spacial score (nSPS) is 11.2. The number of carbonyl (C=O) groups is 1. The molecule has 0 aromatic carbocycles. The van der Waals surface area contributed by atoms with E-state index in [0.717, 1.165) is 11.4 Å². The molecule has 2 aromatic rings. The van der Waals surface area contributed by atoms with Crippen molar-refractivity contribution in [3.8, 4) is 0 Å². The molecule has 0 atom stereocenters. The molecule has 1 amide bonds. The van der Waals surface area contributed by atoms with Crippen LogP contribution in [0.5, 0.6) is 0 Å². The molecule has 2 rings (SSSR count). The van der Waals surface area contributed by atoms with Gasteiger partial charge in [0.25, 0.3) is 0 Å². The van der Waals surface area contributed by atoms with Crippen LogP contribution in [-0.4, -0.2) is 34.8 Å². The zero-order valence-electron chi connectivity index (χ0n) is 15.1. The molecule has 134 valence electrons. The largest absolute Gasteiger partial charge is 0.443 e. The molecule has 6 nitrogen and oxygen atoms in total. The molecule has 2 N–H and O–H groups in total. The maximum absolute atomic E-state index is 12.7. The Kier molecular flexibility index (Phi) is 6.47. The highest BCUT2D eigenvalue weighted by Crippen LogP contribution is 2.17. The van der Waals surface area contributed by atoms with Crippen molar-refractivity contribution in [2.45, 2.75) is 39.2 Å². The minimum Gasteiger partial charge on any atom is -0.443 e. The van der Waals surface area contributed by atoms with Crippen LogP contribution in [0, 0.1) is 0 Å². The fourth-order valence-electron chi connectivity index (χ4n) is 2.29. The van der Waals surface area contributed by atoms with Gasteiger partial charge in [-0.2, -0.15) is 0 Å². The first kappa shape index (κ1) is 18.9. The van der Waals surface area contributed by atoms with Gasteiger partial charge in [0.15, 0.2) is 0 Å². The van der Waals surface area contributed by atoms with E-state index in [1.165, 1.54) is 0 Å². The van der Waals surface area contributed by atoms with Gasteiger partial charge >= 0.3 is 6.09 Å². The standard InChI is InChI=1S/C19H26N4O2/c1-19(2,3)25-18(24)23(14-11-15-7-4-5-13-21-15)17-9-6-8-16(22-17)10-12-20/h4-9,13H,10-12,14,20H2,1-3H3. The van der Waals surface area contributed by atoms with E-state index in [4.69, 9.17) is 10.5 Å². The van der Waals surface area contributed by atoms with Gasteiger partial charge in [0.05, 0.1) is 0 Å². The summed E-state index contributed by atoms with van der Waals surface area (Å²) < 4.78 is 5.54. The fourth-order valence-corrected chi connectivity index (χ4v) is 2.29. The summed E-state index contributed by atoms with van der Waals surface area (Å²) in [6.45, 7) is 6.49. The van der Waals surface area contributed by atoms with Crippen LogP contribution in [0.4, 0.5) is 10.6 Å². The summed E-state index contributed by atoms with van der Waals surface area (Å²) in [5.41, 5.74) is 6.80. The monoisotopic (exact) mass is 342 g/mol. The predicted molar refractivity (Wildman–Crippen MR) is 98.5 cm³/mol. The zero-order valence-corrected chi connectivity index (χ0v) is 15.1. The Morgan fingerprint density at radius 1 is 1.12 bits per heavy atom. The van der Waals surface area contributed by atoms with Crippen molar-refractivity contribution in [1.82, 2.24) is 9.97 Å². The summed E-state index contributed by atoms with van der Waals surface area (Å²) >= 11 is 0. The SMILES string of the molecule is CC(C)(C)OC(=O)N(CCc1ccccn1)c1cccc(CCN)n1. The predicted octanol–water partition coefficient (Wildman–Crippen LogP) is 2.96. The lowest BCUT2D eigenvalue weighted by atomic mass is 10.2. The maximum atomic E-state index is 12.7. The molecule has 0 spiro atoms. The number of hydrogen-bond acceptors (Lipinski definition) is 5. The summed E-state index contributed by atoms with van der Waals surface area (Å²) in [4.78, 5) is 23.1. The van der Waals surface area contributed by atoms with Crippen LogP contribution >= 0.6 is 0 Å². The number of pyridine rings is 2. The molecular weight excluding hydrogens is 316 g/mol. The molecule has 0 radical (unpaired) electrons. The molecule has 0 aliphatic heterocycles. The lowest BCUT2D eigenvalue weighted by molar-refractivity contribution is 0.0579. The Morgan fingerprint density at radius 2 is 1.88 bits per heavy atom. The number of amides is 1. The van der Waals surface area contributed by atoms with E-state index in [-0.39, 0.29) is 0 Å². The van der Waals surface area contributed by atoms with Crippen LogP contribution in [0.1, 0.15) is 32.2 Å². The van der Waals surface area contributed by atoms with Crippen LogP contribution in [0.3, 0.4) is 0 Å². The molecule has 0 saturated heterocycles. The number of carbonyl (C=O) groups excluding carboxylic acids is 1. The first-order valence-electron chi connectivity index (χ1n) is 8.45. The van der Waals surface area contributed by atoms with E-state index < -0.39 is 11.7 Å². The highest BCUT2D eigenvalue weighted by atomic mass is 16.6. The second-order valence-corrected chi connectivity index (χ2v) is 6.73. The van der Waals surface area contributed by atoms with Gasteiger partial charge in [-0.25, -0.2) is 9.78 Å². The number of rotatable bonds is 6. The number of aromatic nitrogens is 2. The van der Waals surface area contributed by atoms with E-state index in [1.807, 2.05) is 57.2 Å². The summed E-state index contributed by atoms with van der Waals surface area (Å²) in [6, 6.07) is 11.3. The molecule has 25 heavy (non-hydrogen) atoms. The minimum absolute atomic E-state index is 0.416. The van der Waals surface area contributed by atoms with Crippen LogP contribution < -0.4 is 10.6 Å². The molecule has 6 heteroatoms. The van der Waals surface area contributed by atoms with E-state index >= 15 is 0 Å². The molecule has 0 saturated carbocycles. The van der Waals surface area contributed by atoms with Gasteiger partial charge in [-0.15, -0.1) is 0 Å². The van der Waals surface area contributed by atoms with Gasteiger partial charge in [0, 0.05) is 37.0 Å². The lowest BCUT2D eigenvalue weighted by Crippen LogP contribution is -2.38. The van der Waals surface area contributed by atoms with Gasteiger partial charge in [-0.3, -0.25) is 9.88 Å². The number of nitrogens with two attached hydrogens (primary N) is 1. The van der Waals surface area contributed by atoms with E-state index in [2.05, 4.69) is 9.97 Å². The summed E-state index contributed by atoms with van der Waals surface area (Å²) in [7, 11) is 0. The van der Waals surface area contributed by atoms with Crippen LogP contribution in [0.15, 0.2) is 42.6 Å². The second-order valence-electron chi connectivity index (χ2n) is 6.73. The number of anilines is 1. The Hall–Kier alpha value is -2.47. The van der Waals surface area contributed by atoms with Crippen LogP contribution in [0.2, 0.25) is 0 Å².